The fourth-order valence-electron chi connectivity index (χ4n) is 2.89. The molecule has 0 saturated heterocycles. The van der Waals surface area contributed by atoms with Gasteiger partial charge in [0.05, 0.1) is 6.04 Å². The number of rotatable bonds is 4. The number of urea groups is 1. The largest absolute Gasteiger partial charge is 0.460 e. The Balaban J connectivity index is 1.89. The average molecular weight is 375 g/mol. The molecular formula is C19H16ClFN2O3. The van der Waals surface area contributed by atoms with Gasteiger partial charge in [-0.1, -0.05) is 48.0 Å². The minimum Gasteiger partial charge on any atom is -0.460 e. The van der Waals surface area contributed by atoms with Crippen molar-refractivity contribution < 1.29 is 18.7 Å². The molecule has 2 aromatic carbocycles. The van der Waals surface area contributed by atoms with Gasteiger partial charge in [0.25, 0.3) is 0 Å². The van der Waals surface area contributed by atoms with Crippen LogP contribution in [0.4, 0.5) is 9.18 Å². The van der Waals surface area contributed by atoms with Gasteiger partial charge < -0.3 is 10.1 Å². The molecule has 1 aliphatic rings. The summed E-state index contributed by atoms with van der Waals surface area (Å²) < 4.78 is 19.7. The molecule has 2 aromatic rings. The molecule has 1 N–H and O–H groups in total. The molecule has 0 bridgehead atoms. The number of amides is 2. The maximum absolute atomic E-state index is 14.3. The summed E-state index contributed by atoms with van der Waals surface area (Å²) in [6.45, 7) is 1.60. The van der Waals surface area contributed by atoms with E-state index >= 15 is 0 Å². The summed E-state index contributed by atoms with van der Waals surface area (Å²) in [5.74, 6) is -2.19. The molecule has 2 atom stereocenters. The maximum Gasteiger partial charge on any atom is 0.341 e. The van der Waals surface area contributed by atoms with Crippen molar-refractivity contribution in [2.24, 2.45) is 10.9 Å². The van der Waals surface area contributed by atoms with Gasteiger partial charge in [-0.3, -0.25) is 4.79 Å². The summed E-state index contributed by atoms with van der Waals surface area (Å²) in [6.07, 6.45) is 0. The van der Waals surface area contributed by atoms with Crippen LogP contribution in [0.3, 0.4) is 0 Å². The number of benzene rings is 2. The minimum atomic E-state index is -0.989. The van der Waals surface area contributed by atoms with Gasteiger partial charge in [0.1, 0.15) is 18.3 Å². The number of hydrogen-bond donors (Lipinski definition) is 1. The Kier molecular flexibility index (Phi) is 5.32. The highest BCUT2D eigenvalue weighted by atomic mass is 35.5. The number of carbonyl (C=O) groups excluding carboxylic acids is 2. The van der Waals surface area contributed by atoms with Crippen LogP contribution in [0.5, 0.6) is 0 Å². The van der Waals surface area contributed by atoms with E-state index in [1.165, 1.54) is 25.1 Å². The van der Waals surface area contributed by atoms with Crippen LogP contribution >= 0.6 is 11.6 Å². The van der Waals surface area contributed by atoms with Crippen molar-refractivity contribution in [2.45, 2.75) is 19.6 Å². The number of halogens is 2. The van der Waals surface area contributed by atoms with Gasteiger partial charge in [0.2, 0.25) is 0 Å². The van der Waals surface area contributed by atoms with Gasteiger partial charge in [0, 0.05) is 16.3 Å². The van der Waals surface area contributed by atoms with E-state index in [0.717, 1.165) is 5.56 Å². The lowest BCUT2D eigenvalue weighted by Crippen LogP contribution is -2.44. The number of carbonyl (C=O) groups is 2. The van der Waals surface area contributed by atoms with Crippen LogP contribution in [-0.4, -0.2) is 17.7 Å². The van der Waals surface area contributed by atoms with Gasteiger partial charge in [-0.2, -0.15) is 0 Å². The summed E-state index contributed by atoms with van der Waals surface area (Å²) >= 11 is 6.12. The molecule has 2 amide bonds. The van der Waals surface area contributed by atoms with E-state index in [0.29, 0.717) is 0 Å². The van der Waals surface area contributed by atoms with Crippen LogP contribution in [0.25, 0.3) is 0 Å². The molecule has 0 aliphatic carbocycles. The third-order valence-corrected chi connectivity index (χ3v) is 4.46. The van der Waals surface area contributed by atoms with Crippen LogP contribution in [0.1, 0.15) is 24.1 Å². The summed E-state index contributed by atoms with van der Waals surface area (Å²) in [5.41, 5.74) is 1.10. The number of nitrogens with zero attached hydrogens (tertiary/aromatic N) is 1. The van der Waals surface area contributed by atoms with Crippen molar-refractivity contribution >= 4 is 29.3 Å². The SMILES string of the molecule is CC1=NC(=O)NC(c2c(F)cccc2Cl)C1C(=O)OCc1ccccc1. The van der Waals surface area contributed by atoms with Gasteiger partial charge in [-0.25, -0.2) is 14.2 Å². The summed E-state index contributed by atoms with van der Waals surface area (Å²) in [7, 11) is 0. The predicted octanol–water partition coefficient (Wildman–Crippen LogP) is 4.06. The van der Waals surface area contributed by atoms with E-state index in [4.69, 9.17) is 16.3 Å². The lowest BCUT2D eigenvalue weighted by Gasteiger charge is -2.30. The van der Waals surface area contributed by atoms with E-state index in [9.17, 15) is 14.0 Å². The van der Waals surface area contributed by atoms with E-state index in [-0.39, 0.29) is 22.9 Å². The zero-order valence-corrected chi connectivity index (χ0v) is 14.7. The molecular weight excluding hydrogens is 359 g/mol. The first-order valence-corrected chi connectivity index (χ1v) is 8.35. The number of nitrogens with one attached hydrogen (secondary N) is 1. The number of hydrogen-bond acceptors (Lipinski definition) is 3. The monoisotopic (exact) mass is 374 g/mol. The molecule has 0 fully saturated rings. The van der Waals surface area contributed by atoms with Crippen molar-refractivity contribution in [3.05, 3.63) is 70.5 Å². The van der Waals surface area contributed by atoms with Gasteiger partial charge in [-0.15, -0.1) is 0 Å². The second-order valence-corrected chi connectivity index (χ2v) is 6.29. The highest BCUT2D eigenvalue weighted by molar-refractivity contribution is 6.31. The Hall–Kier alpha value is -2.73. The van der Waals surface area contributed by atoms with Crippen molar-refractivity contribution in [3.8, 4) is 0 Å². The molecule has 3 rings (SSSR count). The minimum absolute atomic E-state index is 0.0402. The Morgan fingerprint density at radius 2 is 1.96 bits per heavy atom. The zero-order chi connectivity index (χ0) is 18.7. The summed E-state index contributed by atoms with van der Waals surface area (Å²) in [5, 5.41) is 2.64. The van der Waals surface area contributed by atoms with E-state index in [1.54, 1.807) is 0 Å². The third kappa shape index (κ3) is 3.75. The molecule has 0 saturated carbocycles. The Labute approximate surface area is 154 Å². The Morgan fingerprint density at radius 1 is 1.23 bits per heavy atom. The van der Waals surface area contributed by atoms with Crippen LogP contribution in [0.2, 0.25) is 5.02 Å². The molecule has 1 aliphatic heterocycles. The molecule has 7 heteroatoms. The quantitative estimate of drug-likeness (QED) is 0.820. The lowest BCUT2D eigenvalue weighted by molar-refractivity contribution is -0.148. The first kappa shape index (κ1) is 18.1. The molecule has 0 radical (unpaired) electrons. The van der Waals surface area contributed by atoms with Gasteiger partial charge in [-0.05, 0) is 24.6 Å². The van der Waals surface area contributed by atoms with Crippen molar-refractivity contribution in [1.82, 2.24) is 5.32 Å². The maximum atomic E-state index is 14.3. The topological polar surface area (TPSA) is 67.8 Å². The second kappa shape index (κ2) is 7.66. The summed E-state index contributed by atoms with van der Waals surface area (Å²) in [6, 6.07) is 11.7. The number of aliphatic imine (C=N–C) groups is 1. The first-order valence-electron chi connectivity index (χ1n) is 7.97. The fraction of sp³-hybridized carbons (Fsp3) is 0.211. The molecule has 0 aromatic heterocycles. The highest BCUT2D eigenvalue weighted by Crippen LogP contribution is 2.34. The fourth-order valence-corrected chi connectivity index (χ4v) is 3.17. The van der Waals surface area contributed by atoms with E-state index < -0.39 is 29.8 Å². The highest BCUT2D eigenvalue weighted by Gasteiger charge is 2.40. The smallest absolute Gasteiger partial charge is 0.341 e. The van der Waals surface area contributed by atoms with Crippen LogP contribution < -0.4 is 5.32 Å². The first-order chi connectivity index (χ1) is 12.5. The molecule has 1 heterocycles. The lowest BCUT2D eigenvalue weighted by atomic mass is 9.88. The molecule has 2 unspecified atom stereocenters. The summed E-state index contributed by atoms with van der Waals surface area (Å²) in [4.78, 5) is 28.3. The molecule has 0 spiro atoms. The Bertz CT molecular complexity index is 850. The number of esters is 1. The van der Waals surface area contributed by atoms with Crippen LogP contribution in [-0.2, 0) is 16.1 Å². The van der Waals surface area contributed by atoms with E-state index in [1.807, 2.05) is 30.3 Å². The van der Waals surface area contributed by atoms with E-state index in [2.05, 4.69) is 10.3 Å². The van der Waals surface area contributed by atoms with Crippen molar-refractivity contribution in [1.29, 1.82) is 0 Å². The predicted molar refractivity (Wildman–Crippen MR) is 95.5 cm³/mol. The molecule has 134 valence electrons. The Morgan fingerprint density at radius 3 is 2.65 bits per heavy atom. The second-order valence-electron chi connectivity index (χ2n) is 5.89. The van der Waals surface area contributed by atoms with Gasteiger partial charge >= 0.3 is 12.0 Å². The standard InChI is InChI=1S/C19H16ClFN2O3/c1-11-15(18(24)26-10-12-6-3-2-4-7-12)17(23-19(25)22-11)16-13(20)8-5-9-14(16)21/h2-9,15,17H,10H2,1H3,(H,23,25). The molecule has 5 nitrogen and oxygen atoms in total. The zero-order valence-electron chi connectivity index (χ0n) is 13.9. The number of ether oxygens (including phenoxy) is 1. The molecule has 26 heavy (non-hydrogen) atoms. The van der Waals surface area contributed by atoms with Gasteiger partial charge in [0.15, 0.2) is 0 Å². The van der Waals surface area contributed by atoms with Crippen molar-refractivity contribution in [2.75, 3.05) is 0 Å². The third-order valence-electron chi connectivity index (χ3n) is 4.13. The van der Waals surface area contributed by atoms with Crippen LogP contribution in [0, 0.1) is 11.7 Å². The van der Waals surface area contributed by atoms with Crippen molar-refractivity contribution in [3.63, 3.8) is 0 Å². The average Bonchev–Trinajstić information content (AvgIpc) is 2.60. The normalized spacial score (nSPS) is 19.5. The van der Waals surface area contributed by atoms with Crippen LogP contribution in [0.15, 0.2) is 53.5 Å².